The molecule has 0 radical (unpaired) electrons. The van der Waals surface area contributed by atoms with Gasteiger partial charge in [-0.2, -0.15) is 0 Å². The smallest absolute Gasteiger partial charge is 0.345 e. The molecular weight excluding hydrogens is 268 g/mol. The molecule has 0 fully saturated rings. The fourth-order valence-electron chi connectivity index (χ4n) is 1.08. The first-order valence-electron chi connectivity index (χ1n) is 5.00. The van der Waals surface area contributed by atoms with Crippen LogP contribution in [0.3, 0.4) is 0 Å². The molecule has 0 aliphatic rings. The Kier molecular flexibility index (Phi) is 5.57. The Morgan fingerprint density at radius 3 is 2.69 bits per heavy atom. The van der Waals surface area contributed by atoms with Crippen LogP contribution in [0.5, 0.6) is 0 Å². The van der Waals surface area contributed by atoms with E-state index in [1.165, 1.54) is 0 Å². The summed E-state index contributed by atoms with van der Waals surface area (Å²) in [5.41, 5.74) is 1.09. The Balaban J connectivity index is 2.59. The van der Waals surface area contributed by atoms with Gasteiger partial charge in [0.1, 0.15) is 4.48 Å². The van der Waals surface area contributed by atoms with Gasteiger partial charge in [-0.15, -0.1) is 0 Å². The molecule has 0 bridgehead atoms. The van der Waals surface area contributed by atoms with Crippen molar-refractivity contribution >= 4 is 28.0 Å². The highest BCUT2D eigenvalue weighted by Gasteiger charge is 2.03. The Morgan fingerprint density at radius 1 is 1.38 bits per heavy atom. The molecule has 1 aromatic carbocycles. The summed E-state index contributed by atoms with van der Waals surface area (Å²) in [6.45, 7) is 2.15. The van der Waals surface area contributed by atoms with Crippen LogP contribution in [0.4, 0.5) is 0 Å². The SMILES string of the molecule is CCOC(=O)/C(Br)=C/C=C/c1ccccc1. The normalized spacial score (nSPS) is 11.8. The maximum absolute atomic E-state index is 11.2. The van der Waals surface area contributed by atoms with Crippen LogP contribution in [-0.2, 0) is 9.53 Å². The van der Waals surface area contributed by atoms with Crippen molar-refractivity contribution in [3.05, 3.63) is 52.5 Å². The fourth-order valence-corrected chi connectivity index (χ4v) is 1.34. The Bertz CT molecular complexity index is 394. The lowest BCUT2D eigenvalue weighted by molar-refractivity contribution is -0.137. The van der Waals surface area contributed by atoms with Crippen LogP contribution in [0, 0.1) is 0 Å². The lowest BCUT2D eigenvalue weighted by Gasteiger charge is -1.97. The van der Waals surface area contributed by atoms with Gasteiger partial charge >= 0.3 is 5.97 Å². The van der Waals surface area contributed by atoms with E-state index in [2.05, 4.69) is 15.9 Å². The summed E-state index contributed by atoms with van der Waals surface area (Å²) in [5.74, 6) is -0.347. The van der Waals surface area contributed by atoms with Gasteiger partial charge in [-0.05, 0) is 34.5 Å². The van der Waals surface area contributed by atoms with Crippen molar-refractivity contribution < 1.29 is 9.53 Å². The van der Waals surface area contributed by atoms with Crippen molar-refractivity contribution in [2.45, 2.75) is 6.92 Å². The number of halogens is 1. The molecule has 3 heteroatoms. The summed E-state index contributed by atoms with van der Waals surface area (Å²) >= 11 is 3.15. The predicted octanol–water partition coefficient (Wildman–Crippen LogP) is 3.54. The predicted molar refractivity (Wildman–Crippen MR) is 69.1 cm³/mol. The van der Waals surface area contributed by atoms with E-state index in [0.29, 0.717) is 11.1 Å². The van der Waals surface area contributed by atoms with Crippen LogP contribution in [0.2, 0.25) is 0 Å². The quantitative estimate of drug-likeness (QED) is 0.479. The first kappa shape index (κ1) is 12.7. The van der Waals surface area contributed by atoms with Crippen LogP contribution in [0.25, 0.3) is 6.08 Å². The summed E-state index contributed by atoms with van der Waals surface area (Å²) in [7, 11) is 0. The van der Waals surface area contributed by atoms with Crippen LogP contribution >= 0.6 is 15.9 Å². The van der Waals surface area contributed by atoms with E-state index in [1.807, 2.05) is 36.4 Å². The molecule has 0 aliphatic carbocycles. The van der Waals surface area contributed by atoms with E-state index in [4.69, 9.17) is 4.74 Å². The van der Waals surface area contributed by atoms with Gasteiger partial charge in [0.05, 0.1) is 6.61 Å². The molecule has 0 spiro atoms. The van der Waals surface area contributed by atoms with E-state index in [1.54, 1.807) is 19.1 Å². The molecule has 0 heterocycles. The molecule has 0 amide bonds. The van der Waals surface area contributed by atoms with Gasteiger partial charge in [0, 0.05) is 0 Å². The molecule has 1 aromatic rings. The summed E-state index contributed by atoms with van der Waals surface area (Å²) < 4.78 is 5.24. The van der Waals surface area contributed by atoms with Gasteiger partial charge < -0.3 is 4.74 Å². The highest BCUT2D eigenvalue weighted by molar-refractivity contribution is 9.12. The van der Waals surface area contributed by atoms with Crippen molar-refractivity contribution in [2.24, 2.45) is 0 Å². The zero-order valence-electron chi connectivity index (χ0n) is 9.02. The van der Waals surface area contributed by atoms with Gasteiger partial charge in [-0.25, -0.2) is 4.79 Å². The van der Waals surface area contributed by atoms with Crippen molar-refractivity contribution in [3.8, 4) is 0 Å². The number of hydrogen-bond donors (Lipinski definition) is 0. The lowest BCUT2D eigenvalue weighted by Crippen LogP contribution is -2.02. The highest BCUT2D eigenvalue weighted by atomic mass is 79.9. The minimum atomic E-state index is -0.347. The molecule has 0 N–H and O–H groups in total. The van der Waals surface area contributed by atoms with Crippen molar-refractivity contribution in [1.29, 1.82) is 0 Å². The molecule has 0 aromatic heterocycles. The third kappa shape index (κ3) is 4.45. The van der Waals surface area contributed by atoms with Gasteiger partial charge in [0.15, 0.2) is 0 Å². The molecule has 16 heavy (non-hydrogen) atoms. The van der Waals surface area contributed by atoms with E-state index in [-0.39, 0.29) is 5.97 Å². The number of hydrogen-bond acceptors (Lipinski definition) is 2. The van der Waals surface area contributed by atoms with Crippen LogP contribution in [0.15, 0.2) is 47.0 Å². The molecular formula is C13H13BrO2. The van der Waals surface area contributed by atoms with Crippen LogP contribution < -0.4 is 0 Å². The zero-order valence-corrected chi connectivity index (χ0v) is 10.6. The lowest BCUT2D eigenvalue weighted by atomic mass is 10.2. The third-order valence-electron chi connectivity index (χ3n) is 1.80. The van der Waals surface area contributed by atoms with Gasteiger partial charge in [0.2, 0.25) is 0 Å². The highest BCUT2D eigenvalue weighted by Crippen LogP contribution is 2.08. The zero-order chi connectivity index (χ0) is 11.8. The molecule has 0 aliphatic heterocycles. The van der Waals surface area contributed by atoms with Crippen LogP contribution in [0.1, 0.15) is 12.5 Å². The monoisotopic (exact) mass is 280 g/mol. The number of benzene rings is 1. The topological polar surface area (TPSA) is 26.3 Å². The number of esters is 1. The average molecular weight is 281 g/mol. The van der Waals surface area contributed by atoms with Crippen molar-refractivity contribution in [1.82, 2.24) is 0 Å². The minimum Gasteiger partial charge on any atom is -0.462 e. The summed E-state index contributed by atoms with van der Waals surface area (Å²) in [5, 5.41) is 0. The number of ether oxygens (including phenoxy) is 1. The number of allylic oxidation sites excluding steroid dienone is 2. The molecule has 0 saturated carbocycles. The Labute approximate surface area is 104 Å². The van der Waals surface area contributed by atoms with Gasteiger partial charge in [0.25, 0.3) is 0 Å². The summed E-state index contributed by atoms with van der Waals surface area (Å²) in [6, 6.07) is 9.86. The van der Waals surface area contributed by atoms with E-state index in [9.17, 15) is 4.79 Å². The van der Waals surface area contributed by atoms with Gasteiger partial charge in [-0.1, -0.05) is 42.5 Å². The van der Waals surface area contributed by atoms with Gasteiger partial charge in [-0.3, -0.25) is 0 Å². The average Bonchev–Trinajstić information content (AvgIpc) is 2.30. The van der Waals surface area contributed by atoms with Crippen LogP contribution in [-0.4, -0.2) is 12.6 Å². The second-order valence-corrected chi connectivity index (χ2v) is 3.86. The maximum atomic E-state index is 11.2. The summed E-state index contributed by atoms with van der Waals surface area (Å²) in [6.07, 6.45) is 5.39. The number of rotatable bonds is 4. The Morgan fingerprint density at radius 2 is 2.06 bits per heavy atom. The third-order valence-corrected chi connectivity index (χ3v) is 2.39. The fraction of sp³-hybridized carbons (Fsp3) is 0.154. The molecule has 0 saturated heterocycles. The van der Waals surface area contributed by atoms with E-state index < -0.39 is 0 Å². The first-order valence-corrected chi connectivity index (χ1v) is 5.79. The molecule has 1 rings (SSSR count). The van der Waals surface area contributed by atoms with E-state index >= 15 is 0 Å². The molecule has 0 unspecified atom stereocenters. The largest absolute Gasteiger partial charge is 0.462 e. The van der Waals surface area contributed by atoms with E-state index in [0.717, 1.165) is 5.56 Å². The first-order chi connectivity index (χ1) is 7.74. The second kappa shape index (κ2) is 7.01. The number of carbonyl (C=O) groups excluding carboxylic acids is 1. The maximum Gasteiger partial charge on any atom is 0.345 e. The van der Waals surface area contributed by atoms with Crippen molar-refractivity contribution in [2.75, 3.05) is 6.61 Å². The summed E-state index contributed by atoms with van der Waals surface area (Å²) in [4.78, 5) is 11.2. The molecule has 0 atom stereocenters. The standard InChI is InChI=1S/C13H13BrO2/c1-2-16-13(15)12(14)10-6-9-11-7-4-3-5-8-11/h3-10H,2H2,1H3/b9-6+,12-10-. The molecule has 84 valence electrons. The second-order valence-electron chi connectivity index (χ2n) is 3.00. The Hall–Kier alpha value is -1.35. The number of carbonyl (C=O) groups is 1. The minimum absolute atomic E-state index is 0.347. The molecule has 2 nitrogen and oxygen atoms in total. The van der Waals surface area contributed by atoms with Crippen molar-refractivity contribution in [3.63, 3.8) is 0 Å².